The average molecular weight is 390 g/mol. The number of nitrogens with one attached hydrogen (secondary N) is 1. The Morgan fingerprint density at radius 2 is 1.93 bits per heavy atom. The number of rotatable bonds is 4. The molecule has 5 nitrogen and oxygen atoms in total. The van der Waals surface area contributed by atoms with Gasteiger partial charge in [0.25, 0.3) is 0 Å². The molecule has 1 heterocycles. The quantitative estimate of drug-likeness (QED) is 0.661. The number of anilines is 1. The number of amides is 2. The predicted octanol–water partition coefficient (Wildman–Crippen LogP) is 4.63. The first-order valence-electron chi connectivity index (χ1n) is 7.95. The van der Waals surface area contributed by atoms with Crippen molar-refractivity contribution in [2.24, 2.45) is 0 Å². The number of ether oxygens (including phenoxy) is 1. The van der Waals surface area contributed by atoms with Crippen molar-refractivity contribution >= 4 is 39.1 Å². The zero-order chi connectivity index (χ0) is 19.6. The highest BCUT2D eigenvalue weighted by atomic mass is 32.1. The molecule has 0 aliphatic rings. The molecule has 0 saturated heterocycles. The van der Waals surface area contributed by atoms with Crippen LogP contribution in [0.4, 0.5) is 19.3 Å². The van der Waals surface area contributed by atoms with E-state index < -0.39 is 29.2 Å². The lowest BCUT2D eigenvalue weighted by Crippen LogP contribution is -2.31. The van der Waals surface area contributed by atoms with Crippen LogP contribution in [0.15, 0.2) is 41.8 Å². The van der Waals surface area contributed by atoms with E-state index in [0.29, 0.717) is 12.6 Å². The standard InChI is InChI=1S/C19H16F2N2O3S/c1-23(9-11-10-27-17-6-4-3-5-12(11)17)19(25)22-16-7-13(18(24)26-2)14(20)8-15(16)21/h3-8,10H,9H2,1-2H3,(H,22,25). The van der Waals surface area contributed by atoms with E-state index in [2.05, 4.69) is 10.1 Å². The number of benzene rings is 2. The van der Waals surface area contributed by atoms with Gasteiger partial charge in [-0.1, -0.05) is 18.2 Å². The molecule has 0 saturated carbocycles. The molecule has 0 aliphatic carbocycles. The lowest BCUT2D eigenvalue weighted by atomic mass is 10.1. The monoisotopic (exact) mass is 390 g/mol. The molecule has 0 spiro atoms. The van der Waals surface area contributed by atoms with Crippen LogP contribution in [0.25, 0.3) is 10.1 Å². The Morgan fingerprint density at radius 3 is 2.67 bits per heavy atom. The van der Waals surface area contributed by atoms with Crippen molar-refractivity contribution in [3.8, 4) is 0 Å². The van der Waals surface area contributed by atoms with Crippen LogP contribution in [0.1, 0.15) is 15.9 Å². The second kappa shape index (κ2) is 7.71. The van der Waals surface area contributed by atoms with Crippen molar-refractivity contribution < 1.29 is 23.1 Å². The number of carbonyl (C=O) groups excluding carboxylic acids is 2. The maximum Gasteiger partial charge on any atom is 0.340 e. The summed E-state index contributed by atoms with van der Waals surface area (Å²) in [7, 11) is 2.65. The number of esters is 1. The molecule has 8 heteroatoms. The number of halogens is 2. The number of methoxy groups -OCH3 is 1. The summed E-state index contributed by atoms with van der Waals surface area (Å²) in [6.07, 6.45) is 0. The number of fused-ring (bicyclic) bond motifs is 1. The number of urea groups is 1. The second-order valence-electron chi connectivity index (χ2n) is 5.85. The molecule has 1 N–H and O–H groups in total. The number of carbonyl (C=O) groups is 2. The molecular weight excluding hydrogens is 374 g/mol. The molecule has 2 amide bonds. The molecule has 0 unspecified atom stereocenters. The van der Waals surface area contributed by atoms with Crippen LogP contribution in [-0.2, 0) is 11.3 Å². The van der Waals surface area contributed by atoms with Gasteiger partial charge >= 0.3 is 12.0 Å². The number of thiophene rings is 1. The number of hydrogen-bond acceptors (Lipinski definition) is 4. The Labute approximate surface area is 158 Å². The summed E-state index contributed by atoms with van der Waals surface area (Å²) in [6.45, 7) is 0.308. The highest BCUT2D eigenvalue weighted by Gasteiger charge is 2.19. The van der Waals surface area contributed by atoms with Crippen molar-refractivity contribution in [3.63, 3.8) is 0 Å². The fourth-order valence-corrected chi connectivity index (χ4v) is 3.56. The minimum Gasteiger partial charge on any atom is -0.465 e. The lowest BCUT2D eigenvalue weighted by molar-refractivity contribution is 0.0595. The van der Waals surface area contributed by atoms with Gasteiger partial charge in [-0.15, -0.1) is 11.3 Å². The predicted molar refractivity (Wildman–Crippen MR) is 100 cm³/mol. The Bertz CT molecular complexity index is 1020. The molecule has 140 valence electrons. The van der Waals surface area contributed by atoms with E-state index in [1.165, 1.54) is 4.90 Å². The van der Waals surface area contributed by atoms with Gasteiger partial charge in [0.05, 0.1) is 18.4 Å². The summed E-state index contributed by atoms with van der Waals surface area (Å²) < 4.78 is 33.2. The van der Waals surface area contributed by atoms with Crippen LogP contribution in [0, 0.1) is 11.6 Å². The molecule has 3 rings (SSSR count). The minimum atomic E-state index is -1.06. The van der Waals surface area contributed by atoms with E-state index in [1.54, 1.807) is 18.4 Å². The molecule has 2 aromatic carbocycles. The maximum atomic E-state index is 14.0. The third-order valence-corrected chi connectivity index (χ3v) is 5.03. The third kappa shape index (κ3) is 3.90. The van der Waals surface area contributed by atoms with Gasteiger partial charge in [-0.25, -0.2) is 18.4 Å². The van der Waals surface area contributed by atoms with Gasteiger partial charge in [-0.2, -0.15) is 0 Å². The molecule has 0 atom stereocenters. The van der Waals surface area contributed by atoms with Gasteiger partial charge in [0.2, 0.25) is 0 Å². The first kappa shape index (κ1) is 18.8. The second-order valence-corrected chi connectivity index (χ2v) is 6.76. The Hall–Kier alpha value is -3.00. The maximum absolute atomic E-state index is 14.0. The lowest BCUT2D eigenvalue weighted by Gasteiger charge is -2.18. The van der Waals surface area contributed by atoms with Crippen LogP contribution in [0.5, 0.6) is 0 Å². The number of nitrogens with zero attached hydrogens (tertiary/aromatic N) is 1. The fraction of sp³-hybridized carbons (Fsp3) is 0.158. The van der Waals surface area contributed by atoms with Gasteiger partial charge in [-0.3, -0.25) is 0 Å². The van der Waals surface area contributed by atoms with E-state index in [-0.39, 0.29) is 5.69 Å². The van der Waals surface area contributed by atoms with Gasteiger partial charge in [-0.05, 0) is 28.5 Å². The van der Waals surface area contributed by atoms with Crippen LogP contribution in [0.2, 0.25) is 0 Å². The Balaban J connectivity index is 1.77. The summed E-state index contributed by atoms with van der Waals surface area (Å²) in [6, 6.07) is 8.68. The SMILES string of the molecule is COC(=O)c1cc(NC(=O)N(C)Cc2csc3ccccc23)c(F)cc1F. The van der Waals surface area contributed by atoms with Crippen LogP contribution >= 0.6 is 11.3 Å². The first-order chi connectivity index (χ1) is 12.9. The number of hydrogen-bond donors (Lipinski definition) is 1. The van der Waals surface area contributed by atoms with E-state index >= 15 is 0 Å². The average Bonchev–Trinajstić information content (AvgIpc) is 3.06. The Morgan fingerprint density at radius 1 is 1.19 bits per heavy atom. The van der Waals surface area contributed by atoms with Gasteiger partial charge < -0.3 is 15.0 Å². The van der Waals surface area contributed by atoms with Crippen LogP contribution in [0.3, 0.4) is 0 Å². The molecule has 0 aliphatic heterocycles. The summed E-state index contributed by atoms with van der Waals surface area (Å²) in [5, 5.41) is 5.36. The van der Waals surface area contributed by atoms with E-state index in [4.69, 9.17) is 0 Å². The van der Waals surface area contributed by atoms with Crippen molar-refractivity contribution in [1.29, 1.82) is 0 Å². The van der Waals surface area contributed by atoms with E-state index in [1.807, 2.05) is 29.6 Å². The van der Waals surface area contributed by atoms with Gasteiger partial charge in [0, 0.05) is 24.4 Å². The smallest absolute Gasteiger partial charge is 0.340 e. The van der Waals surface area contributed by atoms with Crippen molar-refractivity contribution in [2.45, 2.75) is 6.54 Å². The topological polar surface area (TPSA) is 58.6 Å². The third-order valence-electron chi connectivity index (χ3n) is 4.02. The molecular formula is C19H16F2N2O3S. The summed E-state index contributed by atoms with van der Waals surface area (Å²) in [5.74, 6) is -3.00. The van der Waals surface area contributed by atoms with Crippen LogP contribution < -0.4 is 5.32 Å². The molecule has 0 radical (unpaired) electrons. The summed E-state index contributed by atoms with van der Waals surface area (Å²) >= 11 is 1.57. The van der Waals surface area contributed by atoms with Crippen LogP contribution in [-0.4, -0.2) is 31.1 Å². The largest absolute Gasteiger partial charge is 0.465 e. The normalized spacial score (nSPS) is 10.7. The van der Waals surface area contributed by atoms with Crippen molar-refractivity contribution in [1.82, 2.24) is 4.90 Å². The van der Waals surface area contributed by atoms with Gasteiger partial charge in [0.1, 0.15) is 11.6 Å². The fourth-order valence-electron chi connectivity index (χ4n) is 2.60. The highest BCUT2D eigenvalue weighted by molar-refractivity contribution is 7.17. The van der Waals surface area contributed by atoms with Gasteiger partial charge in [0.15, 0.2) is 0 Å². The highest BCUT2D eigenvalue weighted by Crippen LogP contribution is 2.27. The first-order valence-corrected chi connectivity index (χ1v) is 8.83. The summed E-state index contributed by atoms with van der Waals surface area (Å²) in [4.78, 5) is 25.3. The molecule has 3 aromatic rings. The molecule has 0 fully saturated rings. The molecule has 1 aromatic heterocycles. The van der Waals surface area contributed by atoms with Crippen molar-refractivity contribution in [2.75, 3.05) is 19.5 Å². The zero-order valence-electron chi connectivity index (χ0n) is 14.6. The van der Waals surface area contributed by atoms with E-state index in [0.717, 1.165) is 28.8 Å². The summed E-state index contributed by atoms with van der Waals surface area (Å²) in [5.41, 5.74) is 0.201. The molecule has 0 bridgehead atoms. The minimum absolute atomic E-state index is 0.302. The zero-order valence-corrected chi connectivity index (χ0v) is 15.4. The van der Waals surface area contributed by atoms with E-state index in [9.17, 15) is 18.4 Å². The molecule has 27 heavy (non-hydrogen) atoms. The Kier molecular flexibility index (Phi) is 5.36. The van der Waals surface area contributed by atoms with Crippen molar-refractivity contribution in [3.05, 3.63) is 64.5 Å².